The van der Waals surface area contributed by atoms with Gasteiger partial charge >= 0.3 is 12.0 Å². The van der Waals surface area contributed by atoms with Crippen LogP contribution in [0.25, 0.3) is 0 Å². The summed E-state index contributed by atoms with van der Waals surface area (Å²) in [6.45, 7) is 2.37. The minimum atomic E-state index is -1.01. The molecule has 0 aromatic heterocycles. The molecule has 0 bridgehead atoms. The number of para-hydroxylation sites is 1. The van der Waals surface area contributed by atoms with Gasteiger partial charge in [-0.25, -0.2) is 9.59 Å². The van der Waals surface area contributed by atoms with Gasteiger partial charge in [0.15, 0.2) is 0 Å². The van der Waals surface area contributed by atoms with Crippen molar-refractivity contribution < 1.29 is 24.3 Å². The number of carbonyl (C=O) groups excluding carboxylic acids is 3. The predicted octanol–water partition coefficient (Wildman–Crippen LogP) is 1.26. The van der Waals surface area contributed by atoms with Gasteiger partial charge in [-0.2, -0.15) is 0 Å². The van der Waals surface area contributed by atoms with E-state index < -0.39 is 30.1 Å². The highest BCUT2D eigenvalue weighted by Gasteiger charge is 2.42. The van der Waals surface area contributed by atoms with Crippen LogP contribution in [-0.4, -0.2) is 69.9 Å². The molecule has 156 valence electrons. The number of likely N-dealkylation sites (tertiary alicyclic amines) is 2. The van der Waals surface area contributed by atoms with Crippen LogP contribution >= 0.6 is 0 Å². The normalized spacial score (nSPS) is 22.2. The van der Waals surface area contributed by atoms with E-state index >= 15 is 0 Å². The van der Waals surface area contributed by atoms with Crippen molar-refractivity contribution in [1.82, 2.24) is 15.1 Å². The average molecular weight is 402 g/mol. The van der Waals surface area contributed by atoms with Crippen LogP contribution in [0.4, 0.5) is 10.5 Å². The van der Waals surface area contributed by atoms with Gasteiger partial charge in [0.2, 0.25) is 11.8 Å². The number of carboxylic acid groups (broad SMARTS) is 1. The van der Waals surface area contributed by atoms with Crippen molar-refractivity contribution >= 4 is 29.5 Å². The van der Waals surface area contributed by atoms with Gasteiger partial charge in [0.05, 0.1) is 0 Å². The van der Waals surface area contributed by atoms with Crippen LogP contribution in [0.2, 0.25) is 0 Å². The third-order valence-electron chi connectivity index (χ3n) is 5.39. The second-order valence-electron chi connectivity index (χ2n) is 7.40. The zero-order valence-corrected chi connectivity index (χ0v) is 16.3. The van der Waals surface area contributed by atoms with Gasteiger partial charge in [-0.15, -0.1) is 0 Å². The summed E-state index contributed by atoms with van der Waals surface area (Å²) in [5.74, 6) is -1.68. The molecule has 1 aromatic carbocycles. The summed E-state index contributed by atoms with van der Waals surface area (Å²) >= 11 is 0. The Balaban J connectivity index is 1.61. The van der Waals surface area contributed by atoms with E-state index in [-0.39, 0.29) is 11.8 Å². The fourth-order valence-electron chi connectivity index (χ4n) is 3.96. The highest BCUT2D eigenvalue weighted by molar-refractivity contribution is 5.96. The minimum absolute atomic E-state index is 0.318. The highest BCUT2D eigenvalue weighted by atomic mass is 16.4. The number of carbonyl (C=O) groups is 4. The molecule has 0 unspecified atom stereocenters. The molecule has 0 spiro atoms. The second-order valence-corrected chi connectivity index (χ2v) is 7.40. The van der Waals surface area contributed by atoms with Gasteiger partial charge in [0.25, 0.3) is 0 Å². The van der Waals surface area contributed by atoms with Gasteiger partial charge in [-0.05, 0) is 44.7 Å². The molecule has 9 heteroatoms. The van der Waals surface area contributed by atoms with Crippen molar-refractivity contribution in [1.29, 1.82) is 0 Å². The molecule has 2 aliphatic rings. The maximum atomic E-state index is 12.9. The first-order valence-electron chi connectivity index (χ1n) is 9.85. The number of benzene rings is 1. The molecule has 2 fully saturated rings. The lowest BCUT2D eigenvalue weighted by atomic mass is 10.1. The number of nitrogens with zero attached hydrogens (tertiary/aromatic N) is 2. The average Bonchev–Trinajstić information content (AvgIpc) is 3.37. The van der Waals surface area contributed by atoms with E-state index in [0.29, 0.717) is 44.5 Å². The van der Waals surface area contributed by atoms with Gasteiger partial charge < -0.3 is 25.5 Å². The molecule has 4 amide bonds. The molecule has 1 aromatic rings. The maximum absolute atomic E-state index is 12.9. The number of amides is 4. The number of hydrogen-bond donors (Lipinski definition) is 3. The second kappa shape index (κ2) is 8.93. The first-order valence-corrected chi connectivity index (χ1v) is 9.85. The summed E-state index contributed by atoms with van der Waals surface area (Å²) in [7, 11) is 0. The standard InChI is InChI=1S/C20H26N4O5/c1-13(21-20(29)22-14-7-3-2-4-8-14)17(25)23-11-5-9-15(23)18(26)24-12-6-10-16(24)19(27)28/h2-4,7-8,13,15-16H,5-6,9-12H2,1H3,(H,27,28)(H2,21,22,29)/t13-,15-,16-/m0/s1. The van der Waals surface area contributed by atoms with Crippen LogP contribution < -0.4 is 10.6 Å². The first kappa shape index (κ1) is 20.6. The fraction of sp³-hybridized carbons (Fsp3) is 0.500. The number of aliphatic carboxylic acids is 1. The maximum Gasteiger partial charge on any atom is 0.326 e. The largest absolute Gasteiger partial charge is 0.480 e. The van der Waals surface area contributed by atoms with Crippen molar-refractivity contribution in [2.45, 2.75) is 50.7 Å². The molecule has 9 nitrogen and oxygen atoms in total. The van der Waals surface area contributed by atoms with Crippen molar-refractivity contribution in [3.63, 3.8) is 0 Å². The Hall–Kier alpha value is -3.10. The van der Waals surface area contributed by atoms with E-state index in [9.17, 15) is 24.3 Å². The molecule has 3 N–H and O–H groups in total. The summed E-state index contributed by atoms with van der Waals surface area (Å²) in [5, 5.41) is 14.6. The number of hydrogen-bond acceptors (Lipinski definition) is 4. The fourth-order valence-corrected chi connectivity index (χ4v) is 3.96. The van der Waals surface area contributed by atoms with Crippen LogP contribution in [0.5, 0.6) is 0 Å². The minimum Gasteiger partial charge on any atom is -0.480 e. The number of carboxylic acids is 1. The van der Waals surface area contributed by atoms with Crippen molar-refractivity contribution in [3.8, 4) is 0 Å². The van der Waals surface area contributed by atoms with E-state index in [1.807, 2.05) is 6.07 Å². The van der Waals surface area contributed by atoms with Gasteiger partial charge in [0.1, 0.15) is 18.1 Å². The topological polar surface area (TPSA) is 119 Å². The zero-order valence-electron chi connectivity index (χ0n) is 16.3. The summed E-state index contributed by atoms with van der Waals surface area (Å²) in [6, 6.07) is 6.03. The lowest BCUT2D eigenvalue weighted by Crippen LogP contribution is -2.55. The predicted molar refractivity (Wildman–Crippen MR) is 105 cm³/mol. The van der Waals surface area contributed by atoms with Crippen LogP contribution in [0, 0.1) is 0 Å². The SMILES string of the molecule is C[C@H](NC(=O)Nc1ccccc1)C(=O)N1CCC[C@H]1C(=O)N1CCC[C@H]1C(=O)O. The third kappa shape index (κ3) is 4.67. The van der Waals surface area contributed by atoms with Gasteiger partial charge in [-0.1, -0.05) is 18.2 Å². The van der Waals surface area contributed by atoms with E-state index in [0.717, 1.165) is 0 Å². The molecule has 3 rings (SSSR count). The van der Waals surface area contributed by atoms with Crippen molar-refractivity contribution in [2.24, 2.45) is 0 Å². The number of rotatable bonds is 5. The molecule has 0 saturated carbocycles. The van der Waals surface area contributed by atoms with E-state index in [1.165, 1.54) is 9.80 Å². The molecule has 0 aliphatic carbocycles. The molecular weight excluding hydrogens is 376 g/mol. The summed E-state index contributed by atoms with van der Waals surface area (Å²) in [5.41, 5.74) is 0.604. The number of urea groups is 1. The van der Waals surface area contributed by atoms with Gasteiger partial charge in [-0.3, -0.25) is 9.59 Å². The van der Waals surface area contributed by atoms with Crippen molar-refractivity contribution in [3.05, 3.63) is 30.3 Å². The van der Waals surface area contributed by atoms with Crippen LogP contribution in [0.1, 0.15) is 32.6 Å². The Morgan fingerprint density at radius 2 is 1.62 bits per heavy atom. The van der Waals surface area contributed by atoms with Crippen LogP contribution in [0.15, 0.2) is 30.3 Å². The van der Waals surface area contributed by atoms with Crippen LogP contribution in [0.3, 0.4) is 0 Å². The summed E-state index contributed by atoms with van der Waals surface area (Å²) in [4.78, 5) is 52.2. The zero-order chi connectivity index (χ0) is 21.0. The summed E-state index contributed by atoms with van der Waals surface area (Å²) in [6.07, 6.45) is 2.23. The molecule has 2 aliphatic heterocycles. The Morgan fingerprint density at radius 1 is 1.00 bits per heavy atom. The lowest BCUT2D eigenvalue weighted by molar-refractivity contribution is -0.152. The van der Waals surface area contributed by atoms with E-state index in [2.05, 4.69) is 10.6 Å². The van der Waals surface area contributed by atoms with E-state index in [4.69, 9.17) is 0 Å². The number of anilines is 1. The molecule has 3 atom stereocenters. The number of nitrogens with one attached hydrogen (secondary N) is 2. The third-order valence-corrected chi connectivity index (χ3v) is 5.39. The van der Waals surface area contributed by atoms with Crippen molar-refractivity contribution in [2.75, 3.05) is 18.4 Å². The first-order chi connectivity index (χ1) is 13.9. The monoisotopic (exact) mass is 402 g/mol. The van der Waals surface area contributed by atoms with Crippen LogP contribution in [-0.2, 0) is 14.4 Å². The Kier molecular flexibility index (Phi) is 6.36. The molecule has 2 saturated heterocycles. The Bertz CT molecular complexity index is 784. The molecular formula is C20H26N4O5. The smallest absolute Gasteiger partial charge is 0.326 e. The van der Waals surface area contributed by atoms with E-state index in [1.54, 1.807) is 31.2 Å². The van der Waals surface area contributed by atoms with Gasteiger partial charge in [0, 0.05) is 18.8 Å². The molecule has 2 heterocycles. The Labute approximate surface area is 169 Å². The summed E-state index contributed by atoms with van der Waals surface area (Å²) < 4.78 is 0. The molecule has 29 heavy (non-hydrogen) atoms. The lowest BCUT2D eigenvalue weighted by Gasteiger charge is -2.31. The highest BCUT2D eigenvalue weighted by Crippen LogP contribution is 2.25. The quantitative estimate of drug-likeness (QED) is 0.685. The Morgan fingerprint density at radius 3 is 2.28 bits per heavy atom. The molecule has 0 radical (unpaired) electrons.